The number of nitrogens with zero attached hydrogens (tertiary/aromatic N) is 4. The molecule has 42 heavy (non-hydrogen) atoms. The van der Waals surface area contributed by atoms with Crippen molar-refractivity contribution in [2.75, 3.05) is 38.6 Å². The van der Waals surface area contributed by atoms with Crippen LogP contribution in [0.25, 0.3) is 32.8 Å². The molecule has 2 bridgehead atoms. The van der Waals surface area contributed by atoms with Gasteiger partial charge in [0.15, 0.2) is 5.82 Å². The van der Waals surface area contributed by atoms with Crippen molar-refractivity contribution in [3.63, 3.8) is 0 Å². The summed E-state index contributed by atoms with van der Waals surface area (Å²) in [4.78, 5) is 14.3. The standard InChI is InChI=1S/C34H37F2N5O/c1-7-24-27(35)11-8-20-14-23(42)15-25(29(20)24)31-30(36)28-19(2)32(34(3,4)12-13-40(5)6)39-33(26(28)16-37-31)41-17-21-9-10-22(18-41)38-21/h1,8,11,14-16,21-22,38,42H,9-10,12-13,17-18H2,2-6H3/t21-,22+. The topological polar surface area (TPSA) is 64.5 Å². The van der Waals surface area contributed by atoms with Gasteiger partial charge in [-0.15, -0.1) is 6.42 Å². The first-order valence-electron chi connectivity index (χ1n) is 14.6. The Kier molecular flexibility index (Phi) is 7.07. The number of aromatic hydroxyl groups is 1. The number of anilines is 1. The van der Waals surface area contributed by atoms with Gasteiger partial charge < -0.3 is 20.2 Å². The number of aromatic nitrogens is 2. The highest BCUT2D eigenvalue weighted by atomic mass is 19.1. The Balaban J connectivity index is 1.63. The van der Waals surface area contributed by atoms with Gasteiger partial charge in [-0.1, -0.05) is 25.8 Å². The molecule has 2 atom stereocenters. The number of nitrogens with one attached hydrogen (secondary N) is 1. The van der Waals surface area contributed by atoms with Crippen molar-refractivity contribution in [3.8, 4) is 29.4 Å². The van der Waals surface area contributed by atoms with Crippen LogP contribution in [-0.2, 0) is 5.41 Å². The fourth-order valence-electron chi connectivity index (χ4n) is 6.82. The van der Waals surface area contributed by atoms with Crippen molar-refractivity contribution < 1.29 is 13.9 Å². The predicted molar refractivity (Wildman–Crippen MR) is 165 cm³/mol. The van der Waals surface area contributed by atoms with E-state index in [1.807, 2.05) is 21.0 Å². The van der Waals surface area contributed by atoms with Crippen molar-refractivity contribution in [2.24, 2.45) is 0 Å². The summed E-state index contributed by atoms with van der Waals surface area (Å²) in [5.74, 6) is 1.97. The van der Waals surface area contributed by atoms with Crippen LogP contribution in [0.1, 0.15) is 49.9 Å². The van der Waals surface area contributed by atoms with E-state index in [9.17, 15) is 9.50 Å². The maximum Gasteiger partial charge on any atom is 0.157 e. The van der Waals surface area contributed by atoms with Gasteiger partial charge in [0, 0.05) is 58.5 Å². The number of phenols is 1. The molecule has 2 fully saturated rings. The SMILES string of the molecule is C#Cc1c(F)ccc2cc(O)cc(-c3ncc4c(N5C[C@H]6CC[C@@H](C5)N6)nc(C(C)(C)CCN(C)C)c(C)c4c3F)c12. The number of pyridine rings is 2. The van der Waals surface area contributed by atoms with E-state index in [1.54, 1.807) is 6.20 Å². The number of hydrogen-bond acceptors (Lipinski definition) is 6. The number of hydrogen-bond donors (Lipinski definition) is 2. The van der Waals surface area contributed by atoms with E-state index >= 15 is 4.39 Å². The summed E-state index contributed by atoms with van der Waals surface area (Å²) >= 11 is 0. The van der Waals surface area contributed by atoms with E-state index in [2.05, 4.69) is 39.9 Å². The molecule has 0 saturated carbocycles. The zero-order chi connectivity index (χ0) is 29.9. The van der Waals surface area contributed by atoms with Crippen LogP contribution in [0.2, 0.25) is 0 Å². The monoisotopic (exact) mass is 569 g/mol. The number of aryl methyl sites for hydroxylation is 1. The summed E-state index contributed by atoms with van der Waals surface area (Å²) in [6.07, 6.45) is 10.5. The molecule has 2 aromatic heterocycles. The molecule has 2 aliphatic heterocycles. The Morgan fingerprint density at radius 3 is 2.52 bits per heavy atom. The third-order valence-corrected chi connectivity index (χ3v) is 9.00. The molecule has 0 spiro atoms. The molecule has 6 nitrogen and oxygen atoms in total. The van der Waals surface area contributed by atoms with Crippen molar-refractivity contribution in [1.82, 2.24) is 20.2 Å². The molecule has 2 aromatic carbocycles. The summed E-state index contributed by atoms with van der Waals surface area (Å²) < 4.78 is 31.9. The van der Waals surface area contributed by atoms with Gasteiger partial charge in [-0.2, -0.15) is 0 Å². The lowest BCUT2D eigenvalue weighted by atomic mass is 9.81. The third kappa shape index (κ3) is 4.75. The number of terminal acetylenes is 1. The molecule has 0 aliphatic carbocycles. The van der Waals surface area contributed by atoms with Gasteiger partial charge in [-0.3, -0.25) is 4.98 Å². The Morgan fingerprint density at radius 1 is 1.14 bits per heavy atom. The first kappa shape index (κ1) is 28.3. The third-order valence-electron chi connectivity index (χ3n) is 9.00. The van der Waals surface area contributed by atoms with E-state index in [4.69, 9.17) is 11.4 Å². The molecule has 0 radical (unpaired) electrons. The Morgan fingerprint density at radius 2 is 1.86 bits per heavy atom. The molecular weight excluding hydrogens is 532 g/mol. The number of benzene rings is 2. The van der Waals surface area contributed by atoms with Gasteiger partial charge >= 0.3 is 0 Å². The minimum Gasteiger partial charge on any atom is -0.508 e. The normalized spacial score (nSPS) is 18.8. The molecule has 2 saturated heterocycles. The maximum absolute atomic E-state index is 17.1. The largest absolute Gasteiger partial charge is 0.508 e. The second-order valence-corrected chi connectivity index (χ2v) is 12.8. The predicted octanol–water partition coefficient (Wildman–Crippen LogP) is 5.89. The molecular formula is C34H37F2N5O. The molecule has 2 N–H and O–H groups in total. The highest BCUT2D eigenvalue weighted by Crippen LogP contribution is 2.42. The fraction of sp³-hybridized carbons (Fsp3) is 0.412. The van der Waals surface area contributed by atoms with E-state index in [1.165, 1.54) is 24.3 Å². The molecule has 0 unspecified atom stereocenters. The van der Waals surface area contributed by atoms with Gasteiger partial charge in [0.2, 0.25) is 0 Å². The van der Waals surface area contributed by atoms with Crippen molar-refractivity contribution in [3.05, 3.63) is 58.9 Å². The summed E-state index contributed by atoms with van der Waals surface area (Å²) in [5.41, 5.74) is 1.55. The van der Waals surface area contributed by atoms with Gasteiger partial charge in [0.1, 0.15) is 23.1 Å². The lowest BCUT2D eigenvalue weighted by molar-refractivity contribution is 0.338. The molecule has 6 rings (SSSR count). The number of rotatable bonds is 6. The molecule has 4 aromatic rings. The van der Waals surface area contributed by atoms with Crippen LogP contribution in [0.3, 0.4) is 0 Å². The zero-order valence-corrected chi connectivity index (χ0v) is 24.9. The van der Waals surface area contributed by atoms with Gasteiger partial charge in [-0.05, 0) is 76.0 Å². The van der Waals surface area contributed by atoms with Gasteiger partial charge in [-0.25, -0.2) is 13.8 Å². The molecule has 8 heteroatoms. The number of halogens is 2. The second kappa shape index (κ2) is 10.5. The fourth-order valence-corrected chi connectivity index (χ4v) is 6.82. The number of phenolic OH excluding ortho intramolecular Hbond substituents is 1. The molecule has 2 aliphatic rings. The molecule has 4 heterocycles. The van der Waals surface area contributed by atoms with Gasteiger partial charge in [0.05, 0.1) is 11.3 Å². The van der Waals surface area contributed by atoms with Crippen LogP contribution in [0.15, 0.2) is 30.5 Å². The summed E-state index contributed by atoms with van der Waals surface area (Å²) in [5, 5.41) is 16.2. The van der Waals surface area contributed by atoms with E-state index in [0.717, 1.165) is 56.0 Å². The minimum absolute atomic E-state index is 0.0118. The zero-order valence-electron chi connectivity index (χ0n) is 24.9. The molecule has 0 amide bonds. The van der Waals surface area contributed by atoms with E-state index in [0.29, 0.717) is 33.6 Å². The Hall–Kier alpha value is -3.80. The van der Waals surface area contributed by atoms with Crippen LogP contribution < -0.4 is 10.2 Å². The minimum atomic E-state index is -0.584. The summed E-state index contributed by atoms with van der Waals surface area (Å²) in [6, 6.07) is 6.45. The molecule has 218 valence electrons. The number of fused-ring (bicyclic) bond motifs is 4. The van der Waals surface area contributed by atoms with Crippen molar-refractivity contribution in [1.29, 1.82) is 0 Å². The Labute approximate surface area is 245 Å². The van der Waals surface area contributed by atoms with Crippen molar-refractivity contribution in [2.45, 2.75) is 57.5 Å². The van der Waals surface area contributed by atoms with Crippen LogP contribution in [-0.4, -0.2) is 65.8 Å². The lowest BCUT2D eigenvalue weighted by Crippen LogP contribution is -2.51. The highest BCUT2D eigenvalue weighted by molar-refractivity contribution is 6.04. The lowest BCUT2D eigenvalue weighted by Gasteiger charge is -2.36. The van der Waals surface area contributed by atoms with Crippen molar-refractivity contribution >= 4 is 27.4 Å². The highest BCUT2D eigenvalue weighted by Gasteiger charge is 2.36. The van der Waals surface area contributed by atoms with Crippen LogP contribution >= 0.6 is 0 Å². The quantitative estimate of drug-likeness (QED) is 0.282. The Bertz CT molecular complexity index is 1750. The van der Waals surface area contributed by atoms with Gasteiger partial charge in [0.25, 0.3) is 0 Å². The number of piperazine rings is 1. The van der Waals surface area contributed by atoms with E-state index < -0.39 is 11.6 Å². The summed E-state index contributed by atoms with van der Waals surface area (Å²) in [6.45, 7) is 8.70. The second-order valence-electron chi connectivity index (χ2n) is 12.8. The first-order valence-corrected chi connectivity index (χ1v) is 14.6. The average molecular weight is 570 g/mol. The summed E-state index contributed by atoms with van der Waals surface area (Å²) in [7, 11) is 4.09. The van der Waals surface area contributed by atoms with Crippen LogP contribution in [0, 0.1) is 30.9 Å². The smallest absolute Gasteiger partial charge is 0.157 e. The first-order chi connectivity index (χ1) is 20.0. The van der Waals surface area contributed by atoms with Crippen LogP contribution in [0.5, 0.6) is 5.75 Å². The average Bonchev–Trinajstić information content (AvgIpc) is 3.29. The van der Waals surface area contributed by atoms with Crippen LogP contribution in [0.4, 0.5) is 14.6 Å². The maximum atomic E-state index is 17.1. The van der Waals surface area contributed by atoms with E-state index in [-0.39, 0.29) is 28.0 Å².